The Bertz CT molecular complexity index is 745. The molecule has 1 aromatic carbocycles. The number of carbonyl (C=O) groups is 1. The van der Waals surface area contributed by atoms with E-state index in [-0.39, 0.29) is 29.3 Å². The lowest BCUT2D eigenvalue weighted by molar-refractivity contribution is -0.383. The van der Waals surface area contributed by atoms with Crippen molar-refractivity contribution in [1.82, 2.24) is 9.97 Å². The van der Waals surface area contributed by atoms with Crippen LogP contribution in [0, 0.1) is 10.1 Å². The molecule has 0 aliphatic rings. The fourth-order valence-corrected chi connectivity index (χ4v) is 2.00. The predicted molar refractivity (Wildman–Crippen MR) is 91.5 cm³/mol. The number of aromatic nitrogens is 2. The molecule has 1 heterocycles. The molecule has 1 aromatic heterocycles. The average Bonchev–Trinajstić information content (AvgIpc) is 2.48. The molecule has 1 amide bonds. The number of anilines is 4. The Labute approximate surface area is 138 Å². The molecule has 0 unspecified atom stereocenters. The number of nitro groups is 1. The van der Waals surface area contributed by atoms with E-state index in [0.29, 0.717) is 11.4 Å². The summed E-state index contributed by atoms with van der Waals surface area (Å²) in [5.41, 5.74) is 1.01. The Morgan fingerprint density at radius 2 is 1.71 bits per heavy atom. The quantitative estimate of drug-likeness (QED) is 0.549. The first-order valence-electron chi connectivity index (χ1n) is 7.27. The molecule has 0 radical (unpaired) electrons. The average molecular weight is 330 g/mol. The first-order chi connectivity index (χ1) is 11.4. The smallest absolute Gasteiger partial charge is 0.353 e. The van der Waals surface area contributed by atoms with Crippen LogP contribution < -0.4 is 16.0 Å². The van der Waals surface area contributed by atoms with E-state index in [0.717, 1.165) is 0 Å². The Hall–Kier alpha value is -3.23. The lowest BCUT2D eigenvalue weighted by Gasteiger charge is -2.12. The molecular weight excluding hydrogens is 312 g/mol. The summed E-state index contributed by atoms with van der Waals surface area (Å²) < 4.78 is 0. The topological polar surface area (TPSA) is 122 Å². The Balaban J connectivity index is 2.28. The molecule has 3 N–H and O–H groups in total. The van der Waals surface area contributed by atoms with Crippen molar-refractivity contribution in [3.63, 3.8) is 0 Å². The third-order valence-electron chi connectivity index (χ3n) is 2.90. The van der Waals surface area contributed by atoms with E-state index < -0.39 is 4.92 Å². The summed E-state index contributed by atoms with van der Waals surface area (Å²) in [6, 6.07) is 6.73. The minimum atomic E-state index is -0.529. The largest absolute Gasteiger partial charge is 0.362 e. The number of nitrogens with one attached hydrogen (secondary N) is 3. The van der Waals surface area contributed by atoms with E-state index in [1.807, 2.05) is 13.8 Å². The molecule has 0 saturated heterocycles. The van der Waals surface area contributed by atoms with Crippen LogP contribution in [0.4, 0.5) is 28.7 Å². The molecule has 0 saturated carbocycles. The summed E-state index contributed by atoms with van der Waals surface area (Å²) in [5, 5.41) is 19.9. The van der Waals surface area contributed by atoms with Crippen LogP contribution in [-0.4, -0.2) is 26.8 Å². The van der Waals surface area contributed by atoms with Gasteiger partial charge < -0.3 is 16.0 Å². The molecule has 24 heavy (non-hydrogen) atoms. The summed E-state index contributed by atoms with van der Waals surface area (Å²) in [4.78, 5) is 29.8. The molecule has 0 atom stereocenters. The van der Waals surface area contributed by atoms with Crippen molar-refractivity contribution in [2.24, 2.45) is 0 Å². The number of amides is 1. The lowest BCUT2D eigenvalue weighted by atomic mass is 10.2. The fourth-order valence-electron chi connectivity index (χ4n) is 2.00. The van der Waals surface area contributed by atoms with E-state index in [4.69, 9.17) is 0 Å². The van der Waals surface area contributed by atoms with Gasteiger partial charge >= 0.3 is 5.69 Å². The molecule has 2 rings (SSSR count). The van der Waals surface area contributed by atoms with Gasteiger partial charge in [0.25, 0.3) is 0 Å². The number of carbonyl (C=O) groups excluding carboxylic acids is 1. The highest BCUT2D eigenvalue weighted by atomic mass is 16.6. The van der Waals surface area contributed by atoms with Gasteiger partial charge in [-0.25, -0.2) is 9.97 Å². The summed E-state index contributed by atoms with van der Waals surface area (Å²) in [7, 11) is 0. The minimum Gasteiger partial charge on any atom is -0.362 e. The van der Waals surface area contributed by atoms with Crippen molar-refractivity contribution in [3.8, 4) is 0 Å². The van der Waals surface area contributed by atoms with Crippen LogP contribution in [-0.2, 0) is 4.79 Å². The van der Waals surface area contributed by atoms with Crippen LogP contribution in [0.25, 0.3) is 0 Å². The Kier molecular flexibility index (Phi) is 5.25. The second-order valence-corrected chi connectivity index (χ2v) is 5.36. The summed E-state index contributed by atoms with van der Waals surface area (Å²) in [5.74, 6) is 0.0688. The van der Waals surface area contributed by atoms with Crippen LogP contribution in [0.15, 0.2) is 30.6 Å². The van der Waals surface area contributed by atoms with Crippen LogP contribution in [0.1, 0.15) is 20.8 Å². The van der Waals surface area contributed by atoms with Crippen molar-refractivity contribution in [3.05, 3.63) is 40.7 Å². The van der Waals surface area contributed by atoms with E-state index >= 15 is 0 Å². The zero-order valence-corrected chi connectivity index (χ0v) is 13.5. The van der Waals surface area contributed by atoms with Crippen molar-refractivity contribution in [2.45, 2.75) is 26.8 Å². The third kappa shape index (κ3) is 4.38. The Morgan fingerprint density at radius 1 is 1.12 bits per heavy atom. The highest BCUT2D eigenvalue weighted by Gasteiger charge is 2.23. The summed E-state index contributed by atoms with van der Waals surface area (Å²) in [6.45, 7) is 5.14. The molecule has 0 bridgehead atoms. The van der Waals surface area contributed by atoms with Crippen molar-refractivity contribution in [2.75, 3.05) is 16.0 Å². The minimum absolute atomic E-state index is 0.0108. The SMILES string of the molecule is CC(=O)Nc1ccc(Nc2ncnc(NC(C)C)c2[N+](=O)[O-])cc1. The third-order valence-corrected chi connectivity index (χ3v) is 2.90. The summed E-state index contributed by atoms with van der Waals surface area (Å²) >= 11 is 0. The molecule has 9 heteroatoms. The molecule has 0 fully saturated rings. The lowest BCUT2D eigenvalue weighted by Crippen LogP contribution is -2.14. The van der Waals surface area contributed by atoms with Gasteiger partial charge in [0.15, 0.2) is 0 Å². The first-order valence-corrected chi connectivity index (χ1v) is 7.27. The molecule has 2 aromatic rings. The van der Waals surface area contributed by atoms with Crippen molar-refractivity contribution < 1.29 is 9.72 Å². The Morgan fingerprint density at radius 3 is 2.25 bits per heavy atom. The van der Waals surface area contributed by atoms with Crippen LogP contribution in [0.3, 0.4) is 0 Å². The van der Waals surface area contributed by atoms with Crippen LogP contribution in [0.2, 0.25) is 0 Å². The zero-order chi connectivity index (χ0) is 17.7. The fraction of sp³-hybridized carbons (Fsp3) is 0.267. The molecule has 0 spiro atoms. The van der Waals surface area contributed by atoms with E-state index in [9.17, 15) is 14.9 Å². The number of benzene rings is 1. The highest BCUT2D eigenvalue weighted by molar-refractivity contribution is 5.89. The monoisotopic (exact) mass is 330 g/mol. The maximum Gasteiger partial charge on any atom is 0.353 e. The van der Waals surface area contributed by atoms with Crippen molar-refractivity contribution in [1.29, 1.82) is 0 Å². The number of nitrogens with zero attached hydrogens (tertiary/aromatic N) is 3. The van der Waals surface area contributed by atoms with E-state index in [1.165, 1.54) is 13.3 Å². The normalized spacial score (nSPS) is 10.3. The van der Waals surface area contributed by atoms with E-state index in [1.54, 1.807) is 24.3 Å². The second-order valence-electron chi connectivity index (χ2n) is 5.36. The number of rotatable bonds is 6. The van der Waals surface area contributed by atoms with Gasteiger partial charge in [-0.15, -0.1) is 0 Å². The molecule has 126 valence electrons. The van der Waals surface area contributed by atoms with Gasteiger partial charge in [-0.05, 0) is 38.1 Å². The van der Waals surface area contributed by atoms with Gasteiger partial charge in [-0.1, -0.05) is 0 Å². The van der Waals surface area contributed by atoms with E-state index in [2.05, 4.69) is 25.9 Å². The number of hydrogen-bond acceptors (Lipinski definition) is 7. The van der Waals surface area contributed by atoms with Gasteiger partial charge in [-0.2, -0.15) is 0 Å². The number of hydrogen-bond donors (Lipinski definition) is 3. The molecular formula is C15H18N6O3. The molecule has 0 aliphatic heterocycles. The van der Waals surface area contributed by atoms with Crippen molar-refractivity contribution >= 4 is 34.6 Å². The van der Waals surface area contributed by atoms with Gasteiger partial charge in [-0.3, -0.25) is 14.9 Å². The van der Waals surface area contributed by atoms with Gasteiger partial charge in [0.1, 0.15) is 6.33 Å². The second kappa shape index (κ2) is 7.36. The zero-order valence-electron chi connectivity index (χ0n) is 13.5. The predicted octanol–water partition coefficient (Wildman–Crippen LogP) is 2.91. The maximum absolute atomic E-state index is 11.4. The maximum atomic E-state index is 11.4. The standard InChI is InChI=1S/C15H18N6O3/c1-9(2)18-14-13(21(23)24)15(17-8-16-14)20-12-6-4-11(5-7-12)19-10(3)22/h4-9H,1-3H3,(H,19,22)(H2,16,17,18,20). The van der Waals surface area contributed by atoms with Crippen LogP contribution in [0.5, 0.6) is 0 Å². The first kappa shape index (κ1) is 17.1. The van der Waals surface area contributed by atoms with Gasteiger partial charge in [0, 0.05) is 24.3 Å². The summed E-state index contributed by atoms with van der Waals surface area (Å²) in [6.07, 6.45) is 1.26. The van der Waals surface area contributed by atoms with Crippen LogP contribution >= 0.6 is 0 Å². The molecule has 0 aliphatic carbocycles. The highest BCUT2D eigenvalue weighted by Crippen LogP contribution is 2.31. The van der Waals surface area contributed by atoms with Gasteiger partial charge in [0.05, 0.1) is 4.92 Å². The van der Waals surface area contributed by atoms with Gasteiger partial charge in [0.2, 0.25) is 17.5 Å². The molecule has 9 nitrogen and oxygen atoms in total.